The summed E-state index contributed by atoms with van der Waals surface area (Å²) in [6, 6.07) is 8.29. The number of esters is 1. The van der Waals surface area contributed by atoms with Gasteiger partial charge in [-0.1, -0.05) is 23.9 Å². The molecule has 0 saturated heterocycles. The van der Waals surface area contributed by atoms with Crippen LogP contribution in [0.3, 0.4) is 0 Å². The van der Waals surface area contributed by atoms with Gasteiger partial charge in [-0.05, 0) is 49.4 Å². The quantitative estimate of drug-likeness (QED) is 0.274. The Morgan fingerprint density at radius 3 is 2.30 bits per heavy atom. The first-order valence-corrected chi connectivity index (χ1v) is 10.8. The minimum atomic E-state index is -0.516. The van der Waals surface area contributed by atoms with Gasteiger partial charge in [0, 0.05) is 5.56 Å². The fourth-order valence-corrected chi connectivity index (χ4v) is 3.24. The summed E-state index contributed by atoms with van der Waals surface area (Å²) in [5, 5.41) is -0.212. The molecular weight excluding hydrogens is 446 g/mol. The highest BCUT2D eigenvalue weighted by Crippen LogP contribution is 2.38. The van der Waals surface area contributed by atoms with Crippen molar-refractivity contribution in [1.29, 1.82) is 0 Å². The second-order valence-electron chi connectivity index (χ2n) is 6.43. The van der Waals surface area contributed by atoms with Crippen LogP contribution >= 0.6 is 11.8 Å². The molecule has 0 fully saturated rings. The molecule has 1 heterocycles. The summed E-state index contributed by atoms with van der Waals surface area (Å²) >= 11 is 0.869. The number of nitrogens with zero attached hydrogens (tertiary/aromatic N) is 1. The molecule has 2 aromatic rings. The zero-order valence-corrected chi connectivity index (χ0v) is 19.6. The number of carbonyl (C=O) groups is 3. The van der Waals surface area contributed by atoms with E-state index in [1.54, 1.807) is 49.4 Å². The summed E-state index contributed by atoms with van der Waals surface area (Å²) in [6.07, 6.45) is 5.93. The number of carbonyl (C=O) groups excluding carboxylic acids is 3. The molecule has 0 radical (unpaired) electrons. The van der Waals surface area contributed by atoms with Crippen molar-refractivity contribution in [2.24, 2.45) is 0 Å². The van der Waals surface area contributed by atoms with Crippen LogP contribution in [0.5, 0.6) is 17.2 Å². The third-order valence-corrected chi connectivity index (χ3v) is 5.00. The van der Waals surface area contributed by atoms with Gasteiger partial charge in [-0.15, -0.1) is 0 Å². The summed E-state index contributed by atoms with van der Waals surface area (Å²) in [4.78, 5) is 40.2. The van der Waals surface area contributed by atoms with Gasteiger partial charge >= 0.3 is 5.97 Å². The number of hydrogen-bond acceptors (Lipinski definition) is 9. The van der Waals surface area contributed by atoms with Crippen LogP contribution in [0, 0.1) is 0 Å². The maximum absolute atomic E-state index is 12.7. The lowest BCUT2D eigenvalue weighted by Gasteiger charge is -2.13. The molecule has 0 spiro atoms. The highest BCUT2D eigenvalue weighted by Gasteiger charge is 2.16. The molecule has 0 unspecified atom stereocenters. The molecule has 8 nitrogen and oxygen atoms in total. The number of hydrogen-bond donors (Lipinski definition) is 0. The Bertz CT molecular complexity index is 1040. The first kappa shape index (κ1) is 25.7. The number of methoxy groups -OCH3 is 3. The van der Waals surface area contributed by atoms with Crippen molar-refractivity contribution in [2.75, 3.05) is 27.1 Å². The van der Waals surface area contributed by atoms with E-state index in [9.17, 15) is 14.4 Å². The summed E-state index contributed by atoms with van der Waals surface area (Å²) in [6.45, 7) is 1.68. The monoisotopic (exact) mass is 471 g/mol. The number of pyridine rings is 1. The third kappa shape index (κ3) is 7.80. The highest BCUT2D eigenvalue weighted by atomic mass is 32.2. The van der Waals surface area contributed by atoms with E-state index in [0.717, 1.165) is 11.8 Å². The van der Waals surface area contributed by atoms with Crippen LogP contribution in [-0.4, -0.2) is 48.9 Å². The number of aromatic nitrogens is 1. The minimum absolute atomic E-state index is 0.0420. The van der Waals surface area contributed by atoms with Crippen molar-refractivity contribution in [3.8, 4) is 17.2 Å². The lowest BCUT2D eigenvalue weighted by molar-refractivity contribution is -0.141. The molecular formula is C24H25NO7S. The van der Waals surface area contributed by atoms with Crippen molar-refractivity contribution in [2.45, 2.75) is 13.5 Å². The molecule has 9 heteroatoms. The Morgan fingerprint density at radius 1 is 1.00 bits per heavy atom. The van der Waals surface area contributed by atoms with Gasteiger partial charge in [-0.2, -0.15) is 0 Å². The van der Waals surface area contributed by atoms with Crippen LogP contribution in [0.1, 0.15) is 28.7 Å². The SMILES string of the molecule is CC=CC(=O)SCC(=O)OCc1cccc(C=CC(=O)c2cc(OC)c(OC)c(OC)c2)n1. The standard InChI is InChI=1S/C24H25NO7S/c1-5-7-23(28)33-15-22(27)32-14-18-9-6-8-17(25-18)10-11-19(26)16-12-20(29-2)24(31-4)21(13-16)30-3/h5-13H,14-15H2,1-4H3. The van der Waals surface area contributed by atoms with Gasteiger partial charge in [-0.3, -0.25) is 14.4 Å². The molecule has 0 aliphatic carbocycles. The Balaban J connectivity index is 2.03. The number of thioether (sulfide) groups is 1. The maximum Gasteiger partial charge on any atom is 0.316 e. The second kappa shape index (κ2) is 13.1. The third-order valence-electron chi connectivity index (χ3n) is 4.20. The Morgan fingerprint density at radius 2 is 1.70 bits per heavy atom. The van der Waals surface area contributed by atoms with Crippen molar-refractivity contribution in [3.05, 3.63) is 65.5 Å². The Kier molecular flexibility index (Phi) is 10.2. The fourth-order valence-electron chi connectivity index (χ4n) is 2.66. The van der Waals surface area contributed by atoms with Gasteiger partial charge in [0.1, 0.15) is 6.61 Å². The molecule has 0 bridgehead atoms. The molecule has 0 amide bonds. The molecule has 1 aromatic carbocycles. The van der Waals surface area contributed by atoms with Crippen LogP contribution in [0.25, 0.3) is 6.08 Å². The minimum Gasteiger partial charge on any atom is -0.493 e. The lowest BCUT2D eigenvalue weighted by Crippen LogP contribution is -2.09. The van der Waals surface area contributed by atoms with E-state index in [0.29, 0.717) is 34.2 Å². The summed E-state index contributed by atoms with van der Waals surface area (Å²) in [5.74, 6) is 0.275. The molecule has 33 heavy (non-hydrogen) atoms. The predicted octanol–water partition coefficient (Wildman–Crippen LogP) is 3.88. The highest BCUT2D eigenvalue weighted by molar-refractivity contribution is 8.14. The molecule has 0 aliphatic rings. The number of ketones is 1. The van der Waals surface area contributed by atoms with E-state index in [4.69, 9.17) is 18.9 Å². The zero-order valence-electron chi connectivity index (χ0n) is 18.8. The largest absolute Gasteiger partial charge is 0.493 e. The Hall–Kier alpha value is -3.59. The average molecular weight is 472 g/mol. The Labute approximate surface area is 196 Å². The van der Waals surface area contributed by atoms with Crippen LogP contribution in [-0.2, 0) is 20.9 Å². The smallest absolute Gasteiger partial charge is 0.316 e. The van der Waals surface area contributed by atoms with Crippen molar-refractivity contribution in [3.63, 3.8) is 0 Å². The van der Waals surface area contributed by atoms with Gasteiger partial charge < -0.3 is 18.9 Å². The van der Waals surface area contributed by atoms with Gasteiger partial charge in [0.25, 0.3) is 0 Å². The van der Waals surface area contributed by atoms with Crippen molar-refractivity contribution < 1.29 is 33.3 Å². The summed E-state index contributed by atoms with van der Waals surface area (Å²) in [5.41, 5.74) is 1.38. The summed E-state index contributed by atoms with van der Waals surface area (Å²) < 4.78 is 21.0. The van der Waals surface area contributed by atoms with Gasteiger partial charge in [0.05, 0.1) is 38.5 Å². The molecule has 174 valence electrons. The number of allylic oxidation sites excluding steroid dienone is 2. The van der Waals surface area contributed by atoms with Crippen LogP contribution in [0.2, 0.25) is 0 Å². The van der Waals surface area contributed by atoms with E-state index in [1.807, 2.05) is 0 Å². The second-order valence-corrected chi connectivity index (χ2v) is 7.41. The maximum atomic E-state index is 12.7. The number of ether oxygens (including phenoxy) is 4. The van der Waals surface area contributed by atoms with Gasteiger partial charge in [0.2, 0.25) is 10.9 Å². The van der Waals surface area contributed by atoms with Crippen molar-refractivity contribution >= 4 is 34.7 Å². The molecule has 2 rings (SSSR count). The molecule has 1 aromatic heterocycles. The van der Waals surface area contributed by atoms with Gasteiger partial charge in [-0.25, -0.2) is 4.98 Å². The molecule has 0 saturated carbocycles. The molecule has 0 N–H and O–H groups in total. The average Bonchev–Trinajstić information content (AvgIpc) is 2.84. The number of rotatable bonds is 11. The van der Waals surface area contributed by atoms with Crippen LogP contribution in [0.15, 0.2) is 48.6 Å². The fraction of sp³-hybridized carbons (Fsp3) is 0.250. The van der Waals surface area contributed by atoms with E-state index >= 15 is 0 Å². The normalized spacial score (nSPS) is 10.9. The van der Waals surface area contributed by atoms with E-state index in [1.165, 1.54) is 33.5 Å². The predicted molar refractivity (Wildman–Crippen MR) is 126 cm³/mol. The topological polar surface area (TPSA) is 101 Å². The number of benzene rings is 1. The lowest BCUT2D eigenvalue weighted by atomic mass is 10.1. The molecule has 0 atom stereocenters. The zero-order chi connectivity index (χ0) is 24.2. The van der Waals surface area contributed by atoms with E-state index in [2.05, 4.69) is 4.98 Å². The van der Waals surface area contributed by atoms with Crippen LogP contribution in [0.4, 0.5) is 0 Å². The first-order chi connectivity index (χ1) is 15.9. The molecule has 0 aliphatic heterocycles. The van der Waals surface area contributed by atoms with Gasteiger partial charge in [0.15, 0.2) is 17.3 Å². The summed E-state index contributed by atoms with van der Waals surface area (Å²) in [7, 11) is 4.44. The van der Waals surface area contributed by atoms with E-state index in [-0.39, 0.29) is 23.3 Å². The van der Waals surface area contributed by atoms with Crippen molar-refractivity contribution in [1.82, 2.24) is 4.98 Å². The van der Waals surface area contributed by atoms with E-state index < -0.39 is 5.97 Å². The van der Waals surface area contributed by atoms with Crippen LogP contribution < -0.4 is 14.2 Å². The first-order valence-electron chi connectivity index (χ1n) is 9.85.